The number of primary amides is 1. The van der Waals surface area contributed by atoms with Gasteiger partial charge in [0.2, 0.25) is 0 Å². The molecule has 0 aromatic heterocycles. The van der Waals surface area contributed by atoms with Crippen LogP contribution in [0.2, 0.25) is 0 Å². The zero-order valence-electron chi connectivity index (χ0n) is 8.34. The maximum atomic E-state index is 10.4. The van der Waals surface area contributed by atoms with E-state index >= 15 is 0 Å². The fraction of sp³-hybridized carbons (Fsp3) is 0.300. The summed E-state index contributed by atoms with van der Waals surface area (Å²) in [5.74, 6) is 0.817. The van der Waals surface area contributed by atoms with Gasteiger partial charge in [0.25, 0.3) is 0 Å². The first-order chi connectivity index (χ1) is 7.09. The third-order valence-corrected chi connectivity index (χ3v) is 2.79. The standard InChI is InChI=1S/C10H13NO3S/c1-7(14-10(11)13)15-6-8-4-2-3-5-9(8)12/h2-5,7,12H,6H2,1H3,(H2,11,13). The Morgan fingerprint density at radius 3 is 2.87 bits per heavy atom. The number of benzene rings is 1. The van der Waals surface area contributed by atoms with Crippen LogP contribution in [0, 0.1) is 0 Å². The van der Waals surface area contributed by atoms with Crippen molar-refractivity contribution in [1.29, 1.82) is 0 Å². The summed E-state index contributed by atoms with van der Waals surface area (Å²) in [6.07, 6.45) is -0.785. The van der Waals surface area contributed by atoms with Crippen molar-refractivity contribution in [3.05, 3.63) is 29.8 Å². The topological polar surface area (TPSA) is 72.5 Å². The van der Waals surface area contributed by atoms with Crippen molar-refractivity contribution in [3.63, 3.8) is 0 Å². The molecule has 0 fully saturated rings. The average molecular weight is 227 g/mol. The van der Waals surface area contributed by atoms with E-state index in [1.165, 1.54) is 11.8 Å². The molecule has 1 rings (SSSR count). The van der Waals surface area contributed by atoms with Crippen molar-refractivity contribution in [2.75, 3.05) is 0 Å². The number of aromatic hydroxyl groups is 1. The summed E-state index contributed by atoms with van der Waals surface area (Å²) in [5.41, 5.74) is 5.36. The number of carbonyl (C=O) groups is 1. The van der Waals surface area contributed by atoms with Gasteiger partial charge in [0.1, 0.15) is 11.2 Å². The summed E-state index contributed by atoms with van der Waals surface area (Å²) in [4.78, 5) is 10.4. The quantitative estimate of drug-likeness (QED) is 0.772. The molecule has 0 saturated carbocycles. The maximum absolute atomic E-state index is 10.4. The monoisotopic (exact) mass is 227 g/mol. The number of amides is 1. The van der Waals surface area contributed by atoms with Crippen LogP contribution in [0.15, 0.2) is 24.3 Å². The van der Waals surface area contributed by atoms with Gasteiger partial charge < -0.3 is 15.6 Å². The number of hydrogen-bond acceptors (Lipinski definition) is 4. The van der Waals surface area contributed by atoms with Crippen LogP contribution >= 0.6 is 11.8 Å². The van der Waals surface area contributed by atoms with Crippen LogP contribution < -0.4 is 5.73 Å². The van der Waals surface area contributed by atoms with Gasteiger partial charge in [0, 0.05) is 11.3 Å². The first-order valence-corrected chi connectivity index (χ1v) is 5.49. The van der Waals surface area contributed by atoms with Gasteiger partial charge >= 0.3 is 6.09 Å². The molecule has 0 heterocycles. The molecular formula is C10H13NO3S. The van der Waals surface area contributed by atoms with Crippen LogP contribution in [0.25, 0.3) is 0 Å². The molecule has 0 bridgehead atoms. The Hall–Kier alpha value is -1.36. The molecule has 0 saturated heterocycles. The third kappa shape index (κ3) is 4.12. The van der Waals surface area contributed by atoms with Gasteiger partial charge in [-0.25, -0.2) is 4.79 Å². The fourth-order valence-corrected chi connectivity index (χ4v) is 1.86. The van der Waals surface area contributed by atoms with Crippen LogP contribution in [-0.4, -0.2) is 16.6 Å². The zero-order valence-corrected chi connectivity index (χ0v) is 9.16. The van der Waals surface area contributed by atoms with E-state index in [1.54, 1.807) is 19.1 Å². The fourth-order valence-electron chi connectivity index (χ4n) is 1.04. The van der Waals surface area contributed by atoms with E-state index in [2.05, 4.69) is 0 Å². The molecule has 0 aliphatic rings. The highest BCUT2D eigenvalue weighted by atomic mass is 32.2. The summed E-state index contributed by atoms with van der Waals surface area (Å²) >= 11 is 1.39. The van der Waals surface area contributed by atoms with Crippen molar-refractivity contribution in [2.45, 2.75) is 18.1 Å². The molecule has 3 N–H and O–H groups in total. The van der Waals surface area contributed by atoms with Gasteiger partial charge in [-0.1, -0.05) is 18.2 Å². The Kier molecular flexibility index (Phi) is 4.30. The van der Waals surface area contributed by atoms with E-state index in [0.717, 1.165) is 5.56 Å². The molecule has 0 radical (unpaired) electrons. The number of nitrogens with two attached hydrogens (primary N) is 1. The van der Waals surface area contributed by atoms with Crippen LogP contribution in [-0.2, 0) is 10.5 Å². The molecule has 1 aromatic rings. The van der Waals surface area contributed by atoms with E-state index < -0.39 is 6.09 Å². The second-order valence-electron chi connectivity index (χ2n) is 2.94. The molecule has 0 spiro atoms. The van der Waals surface area contributed by atoms with Gasteiger partial charge in [-0.05, 0) is 13.0 Å². The van der Waals surface area contributed by atoms with E-state index in [-0.39, 0.29) is 11.2 Å². The van der Waals surface area contributed by atoms with Crippen molar-refractivity contribution >= 4 is 17.9 Å². The van der Waals surface area contributed by atoms with Crippen LogP contribution in [0.5, 0.6) is 5.75 Å². The number of rotatable bonds is 4. The van der Waals surface area contributed by atoms with Crippen molar-refractivity contribution in [2.24, 2.45) is 5.73 Å². The lowest BCUT2D eigenvalue weighted by Crippen LogP contribution is -2.18. The lowest BCUT2D eigenvalue weighted by Gasteiger charge is -2.11. The number of carbonyl (C=O) groups excluding carboxylic acids is 1. The predicted molar refractivity (Wildman–Crippen MR) is 59.5 cm³/mol. The third-order valence-electron chi connectivity index (χ3n) is 1.75. The first kappa shape index (κ1) is 11.7. The zero-order chi connectivity index (χ0) is 11.3. The minimum atomic E-state index is -0.785. The van der Waals surface area contributed by atoms with Crippen molar-refractivity contribution in [3.8, 4) is 5.75 Å². The number of ether oxygens (including phenoxy) is 1. The van der Waals surface area contributed by atoms with Crippen LogP contribution in [0.3, 0.4) is 0 Å². The lowest BCUT2D eigenvalue weighted by molar-refractivity contribution is 0.152. The van der Waals surface area contributed by atoms with E-state index in [1.807, 2.05) is 12.1 Å². The molecule has 1 amide bonds. The minimum Gasteiger partial charge on any atom is -0.508 e. The number of hydrogen-bond donors (Lipinski definition) is 2. The van der Waals surface area contributed by atoms with Gasteiger partial charge in [-0.3, -0.25) is 0 Å². The van der Waals surface area contributed by atoms with Gasteiger partial charge in [-0.2, -0.15) is 0 Å². The smallest absolute Gasteiger partial charge is 0.405 e. The second kappa shape index (κ2) is 5.50. The van der Waals surface area contributed by atoms with Gasteiger partial charge in [0.05, 0.1) is 0 Å². The Morgan fingerprint density at radius 2 is 2.27 bits per heavy atom. The number of thioether (sulfide) groups is 1. The molecule has 1 atom stereocenters. The Labute approximate surface area is 92.4 Å². The summed E-state index contributed by atoms with van der Waals surface area (Å²) in [5, 5.41) is 9.46. The van der Waals surface area contributed by atoms with Crippen LogP contribution in [0.4, 0.5) is 4.79 Å². The largest absolute Gasteiger partial charge is 0.508 e. The van der Waals surface area contributed by atoms with E-state index in [0.29, 0.717) is 5.75 Å². The molecule has 0 aliphatic heterocycles. The first-order valence-electron chi connectivity index (χ1n) is 4.44. The second-order valence-corrected chi connectivity index (χ2v) is 4.23. The van der Waals surface area contributed by atoms with Gasteiger partial charge in [0.15, 0.2) is 0 Å². The molecule has 82 valence electrons. The highest BCUT2D eigenvalue weighted by molar-refractivity contribution is 7.99. The molecule has 15 heavy (non-hydrogen) atoms. The molecular weight excluding hydrogens is 214 g/mol. The molecule has 4 nitrogen and oxygen atoms in total. The normalized spacial score (nSPS) is 12.1. The summed E-state index contributed by atoms with van der Waals surface area (Å²) in [6, 6.07) is 7.04. The molecule has 1 unspecified atom stereocenters. The Balaban J connectivity index is 2.43. The average Bonchev–Trinajstić information content (AvgIpc) is 2.15. The summed E-state index contributed by atoms with van der Waals surface area (Å²) in [7, 11) is 0. The Morgan fingerprint density at radius 1 is 1.60 bits per heavy atom. The van der Waals surface area contributed by atoms with Crippen molar-refractivity contribution < 1.29 is 14.6 Å². The minimum absolute atomic E-state index is 0.247. The molecule has 0 aliphatic carbocycles. The Bertz CT molecular complexity index is 343. The van der Waals surface area contributed by atoms with Crippen molar-refractivity contribution in [1.82, 2.24) is 0 Å². The number of phenolic OH excluding ortho intramolecular Hbond substituents is 1. The number of phenols is 1. The molecule has 1 aromatic carbocycles. The SMILES string of the molecule is CC(OC(N)=O)SCc1ccccc1O. The number of para-hydroxylation sites is 1. The maximum Gasteiger partial charge on any atom is 0.405 e. The predicted octanol–water partition coefficient (Wildman–Crippen LogP) is 2.07. The molecule has 5 heteroatoms. The summed E-state index contributed by atoms with van der Waals surface area (Å²) < 4.78 is 4.73. The van der Waals surface area contributed by atoms with E-state index in [4.69, 9.17) is 10.5 Å². The highest BCUT2D eigenvalue weighted by Gasteiger charge is 2.08. The lowest BCUT2D eigenvalue weighted by atomic mass is 10.2. The van der Waals surface area contributed by atoms with E-state index in [9.17, 15) is 9.90 Å². The summed E-state index contributed by atoms with van der Waals surface area (Å²) in [6.45, 7) is 1.73. The van der Waals surface area contributed by atoms with Gasteiger partial charge in [-0.15, -0.1) is 11.8 Å². The highest BCUT2D eigenvalue weighted by Crippen LogP contribution is 2.24. The van der Waals surface area contributed by atoms with Crippen LogP contribution in [0.1, 0.15) is 12.5 Å².